The molecule has 0 radical (unpaired) electrons. The fourth-order valence-electron chi connectivity index (χ4n) is 3.12. The zero-order valence-corrected chi connectivity index (χ0v) is 13.1. The Morgan fingerprint density at radius 3 is 1.92 bits per heavy atom. The largest absolute Gasteiger partial charge is 0.449 e. The molecule has 0 spiro atoms. The molecule has 0 atom stereocenters. The minimum atomic E-state index is -0.342. The second-order valence-electron chi connectivity index (χ2n) is 5.74. The summed E-state index contributed by atoms with van der Waals surface area (Å²) in [5.41, 5.74) is 5.33. The third kappa shape index (κ3) is 2.63. The minimum Gasteiger partial charge on any atom is -0.449 e. The Morgan fingerprint density at radius 1 is 0.750 bits per heavy atom. The molecule has 0 aliphatic heterocycles. The highest BCUT2D eigenvalue weighted by Crippen LogP contribution is 2.45. The maximum atomic E-state index is 12.3. The van der Waals surface area contributed by atoms with Crippen LogP contribution in [0, 0.1) is 0 Å². The van der Waals surface area contributed by atoms with Gasteiger partial charge in [-0.15, -0.1) is 0 Å². The molecule has 1 aliphatic carbocycles. The first-order valence-corrected chi connectivity index (χ1v) is 7.95. The van der Waals surface area contributed by atoms with Crippen molar-refractivity contribution in [3.8, 4) is 11.1 Å². The number of carbonyl (C=O) groups excluding carboxylic acids is 1. The van der Waals surface area contributed by atoms with Crippen LogP contribution in [-0.2, 0) is 9.53 Å². The highest BCUT2D eigenvalue weighted by Gasteiger charge is 2.30. The number of fused-ring (bicyclic) bond motifs is 3. The number of hydrogen-bond acceptors (Lipinski definition) is 2. The topological polar surface area (TPSA) is 26.3 Å². The molecule has 2 heteroatoms. The standard InChI is InChI=1S/C22H16O2/c23-21(15-14-16-8-2-1-3-9-16)24-22-19-12-6-4-10-17(19)18-11-5-7-13-20(18)22/h1-15,22H/b15-14+. The van der Waals surface area contributed by atoms with E-state index < -0.39 is 0 Å². The lowest BCUT2D eigenvalue weighted by molar-refractivity contribution is -0.141. The third-order valence-corrected chi connectivity index (χ3v) is 4.22. The summed E-state index contributed by atoms with van der Waals surface area (Å²) in [5.74, 6) is -0.338. The number of rotatable bonds is 3. The second kappa shape index (κ2) is 6.17. The number of benzene rings is 3. The van der Waals surface area contributed by atoms with Crippen molar-refractivity contribution in [3.05, 3.63) is 102 Å². The van der Waals surface area contributed by atoms with Crippen LogP contribution in [0.2, 0.25) is 0 Å². The Bertz CT molecular complexity index is 865. The summed E-state index contributed by atoms with van der Waals surface area (Å²) < 4.78 is 5.76. The van der Waals surface area contributed by atoms with Crippen molar-refractivity contribution < 1.29 is 9.53 Å². The van der Waals surface area contributed by atoms with Crippen LogP contribution < -0.4 is 0 Å². The van der Waals surface area contributed by atoms with E-state index in [9.17, 15) is 4.79 Å². The van der Waals surface area contributed by atoms with Crippen molar-refractivity contribution in [1.82, 2.24) is 0 Å². The molecule has 0 saturated heterocycles. The zero-order valence-electron chi connectivity index (χ0n) is 13.1. The quantitative estimate of drug-likeness (QED) is 0.502. The van der Waals surface area contributed by atoms with E-state index in [1.807, 2.05) is 66.7 Å². The van der Waals surface area contributed by atoms with Gasteiger partial charge in [-0.1, -0.05) is 78.9 Å². The molecule has 2 nitrogen and oxygen atoms in total. The molecule has 24 heavy (non-hydrogen) atoms. The van der Waals surface area contributed by atoms with Gasteiger partial charge in [0, 0.05) is 17.2 Å². The Kier molecular flexibility index (Phi) is 3.72. The van der Waals surface area contributed by atoms with Gasteiger partial charge in [-0.2, -0.15) is 0 Å². The zero-order chi connectivity index (χ0) is 16.4. The van der Waals surface area contributed by atoms with Gasteiger partial charge in [0.25, 0.3) is 0 Å². The van der Waals surface area contributed by atoms with Crippen LogP contribution in [0.15, 0.2) is 84.9 Å². The van der Waals surface area contributed by atoms with Gasteiger partial charge in [-0.25, -0.2) is 4.79 Å². The summed E-state index contributed by atoms with van der Waals surface area (Å²) in [7, 11) is 0. The third-order valence-electron chi connectivity index (χ3n) is 4.22. The predicted octanol–water partition coefficient (Wildman–Crippen LogP) is 5.01. The molecule has 0 fully saturated rings. The average Bonchev–Trinajstić information content (AvgIpc) is 2.95. The number of ether oxygens (including phenoxy) is 1. The SMILES string of the molecule is O=C(/C=C/c1ccccc1)OC1c2ccccc2-c2ccccc21. The van der Waals surface area contributed by atoms with Crippen molar-refractivity contribution in [2.75, 3.05) is 0 Å². The molecule has 0 bridgehead atoms. The molecular formula is C22H16O2. The highest BCUT2D eigenvalue weighted by atomic mass is 16.5. The van der Waals surface area contributed by atoms with Crippen molar-refractivity contribution in [1.29, 1.82) is 0 Å². The van der Waals surface area contributed by atoms with Gasteiger partial charge in [-0.05, 0) is 22.8 Å². The van der Waals surface area contributed by atoms with Crippen LogP contribution >= 0.6 is 0 Å². The van der Waals surface area contributed by atoms with Gasteiger partial charge in [0.2, 0.25) is 0 Å². The highest BCUT2D eigenvalue weighted by molar-refractivity contribution is 5.88. The molecular weight excluding hydrogens is 296 g/mol. The Hall–Kier alpha value is -3.13. The fraction of sp³-hybridized carbons (Fsp3) is 0.0455. The van der Waals surface area contributed by atoms with Crippen LogP contribution in [0.5, 0.6) is 0 Å². The van der Waals surface area contributed by atoms with Crippen molar-refractivity contribution in [2.24, 2.45) is 0 Å². The van der Waals surface area contributed by atoms with E-state index in [-0.39, 0.29) is 12.1 Å². The smallest absolute Gasteiger partial charge is 0.331 e. The molecule has 116 valence electrons. The lowest BCUT2D eigenvalue weighted by Crippen LogP contribution is -2.08. The van der Waals surface area contributed by atoms with Gasteiger partial charge in [0.1, 0.15) is 0 Å². The summed E-state index contributed by atoms with van der Waals surface area (Å²) in [5, 5.41) is 0. The summed E-state index contributed by atoms with van der Waals surface area (Å²) >= 11 is 0. The maximum Gasteiger partial charge on any atom is 0.331 e. The molecule has 0 N–H and O–H groups in total. The van der Waals surface area contributed by atoms with Gasteiger partial charge in [0.15, 0.2) is 6.10 Å². The summed E-state index contributed by atoms with van der Waals surface area (Å²) in [4.78, 5) is 12.3. The van der Waals surface area contributed by atoms with Gasteiger partial charge >= 0.3 is 5.97 Å². The first kappa shape index (κ1) is 14.5. The second-order valence-corrected chi connectivity index (χ2v) is 5.74. The molecule has 4 rings (SSSR count). The van der Waals surface area contributed by atoms with Crippen LogP contribution in [0.4, 0.5) is 0 Å². The van der Waals surface area contributed by atoms with Crippen LogP contribution in [-0.4, -0.2) is 5.97 Å². The van der Waals surface area contributed by atoms with Crippen molar-refractivity contribution in [3.63, 3.8) is 0 Å². The first-order chi connectivity index (χ1) is 11.8. The van der Waals surface area contributed by atoms with E-state index in [1.54, 1.807) is 6.08 Å². The van der Waals surface area contributed by atoms with Crippen LogP contribution in [0.25, 0.3) is 17.2 Å². The van der Waals surface area contributed by atoms with E-state index in [1.165, 1.54) is 6.08 Å². The van der Waals surface area contributed by atoms with E-state index in [4.69, 9.17) is 4.74 Å². The Labute approximate surface area is 141 Å². The molecule has 0 aromatic heterocycles. The number of hydrogen-bond donors (Lipinski definition) is 0. The lowest BCUT2D eigenvalue weighted by Gasteiger charge is -2.13. The molecule has 0 amide bonds. The van der Waals surface area contributed by atoms with Gasteiger partial charge in [-0.3, -0.25) is 0 Å². The predicted molar refractivity (Wildman–Crippen MR) is 95.3 cm³/mol. The fourth-order valence-corrected chi connectivity index (χ4v) is 3.12. The molecule has 0 unspecified atom stereocenters. The van der Waals surface area contributed by atoms with Crippen LogP contribution in [0.1, 0.15) is 22.8 Å². The molecule has 1 aliphatic rings. The molecule has 0 saturated carbocycles. The minimum absolute atomic E-state index is 0.338. The Morgan fingerprint density at radius 2 is 1.29 bits per heavy atom. The lowest BCUT2D eigenvalue weighted by atomic mass is 10.1. The first-order valence-electron chi connectivity index (χ1n) is 7.95. The average molecular weight is 312 g/mol. The van der Waals surface area contributed by atoms with Gasteiger partial charge in [0.05, 0.1) is 0 Å². The normalized spacial score (nSPS) is 12.8. The van der Waals surface area contributed by atoms with E-state index in [2.05, 4.69) is 12.1 Å². The van der Waals surface area contributed by atoms with E-state index >= 15 is 0 Å². The summed E-state index contributed by atoms with van der Waals surface area (Å²) in [6, 6.07) is 25.9. The van der Waals surface area contributed by atoms with E-state index in [0.717, 1.165) is 27.8 Å². The summed E-state index contributed by atoms with van der Waals surface area (Å²) in [6.45, 7) is 0. The van der Waals surface area contributed by atoms with E-state index in [0.29, 0.717) is 0 Å². The maximum absolute atomic E-state index is 12.3. The molecule has 3 aromatic carbocycles. The molecule has 3 aromatic rings. The summed E-state index contributed by atoms with van der Waals surface area (Å²) in [6.07, 6.45) is 2.92. The monoisotopic (exact) mass is 312 g/mol. The van der Waals surface area contributed by atoms with Crippen molar-refractivity contribution >= 4 is 12.0 Å². The van der Waals surface area contributed by atoms with Crippen molar-refractivity contribution in [2.45, 2.75) is 6.10 Å². The number of carbonyl (C=O) groups is 1. The number of esters is 1. The molecule has 0 heterocycles. The van der Waals surface area contributed by atoms with Gasteiger partial charge < -0.3 is 4.74 Å². The van der Waals surface area contributed by atoms with Crippen LogP contribution in [0.3, 0.4) is 0 Å². The Balaban J connectivity index is 1.60.